The molecule has 0 amide bonds. The predicted octanol–water partition coefficient (Wildman–Crippen LogP) is 15.7. The van der Waals surface area contributed by atoms with Crippen molar-refractivity contribution >= 4 is 54.4 Å². The van der Waals surface area contributed by atoms with Crippen LogP contribution in [0.4, 0.5) is 0 Å². The summed E-state index contributed by atoms with van der Waals surface area (Å²) in [5.41, 5.74) is 17.0. The van der Waals surface area contributed by atoms with Gasteiger partial charge in [-0.15, -0.1) is 0 Å². The molecule has 10 aromatic carbocycles. The topological polar surface area (TPSA) is 9.86 Å². The van der Waals surface area contributed by atoms with Gasteiger partial charge >= 0.3 is 0 Å². The number of fused-ring (bicyclic) bond motifs is 7. The standard InChI is InChI=1S/C58H38N2/c1-3-13-45(14-4-1)59-55-21-11-9-19-51(55)53-37-43(31-35-57(53)59)39-23-27-41(28-24-39)47-33-34-48(50-18-8-7-17-49(47)50)42-29-25-40(26-30-42)44-32-36-58-54(38-44)52-20-10-12-22-56(52)60(58)46-15-5-2-6-16-46/h1-38H. The highest BCUT2D eigenvalue weighted by atomic mass is 15.0. The van der Waals surface area contributed by atoms with Gasteiger partial charge in [0, 0.05) is 32.9 Å². The Morgan fingerprint density at radius 1 is 0.200 bits per heavy atom. The summed E-state index contributed by atoms with van der Waals surface area (Å²) >= 11 is 0. The molecule has 0 saturated heterocycles. The smallest absolute Gasteiger partial charge is 0.0541 e. The van der Waals surface area contributed by atoms with E-state index in [1.807, 2.05) is 0 Å². The van der Waals surface area contributed by atoms with Crippen LogP contribution in [0.15, 0.2) is 231 Å². The van der Waals surface area contributed by atoms with Crippen molar-refractivity contribution in [3.8, 4) is 55.9 Å². The van der Waals surface area contributed by atoms with E-state index in [-0.39, 0.29) is 0 Å². The van der Waals surface area contributed by atoms with Gasteiger partial charge in [0.25, 0.3) is 0 Å². The van der Waals surface area contributed by atoms with Gasteiger partial charge in [-0.05, 0) is 116 Å². The highest BCUT2D eigenvalue weighted by Crippen LogP contribution is 2.40. The Labute approximate surface area is 348 Å². The van der Waals surface area contributed by atoms with Crippen molar-refractivity contribution in [1.82, 2.24) is 9.13 Å². The molecule has 2 nitrogen and oxygen atoms in total. The summed E-state index contributed by atoms with van der Waals surface area (Å²) in [4.78, 5) is 0. The van der Waals surface area contributed by atoms with Crippen LogP contribution in [0.2, 0.25) is 0 Å². The number of hydrogen-bond donors (Lipinski definition) is 0. The summed E-state index contributed by atoms with van der Waals surface area (Å²) < 4.78 is 4.74. The van der Waals surface area contributed by atoms with E-state index in [2.05, 4.69) is 240 Å². The Balaban J connectivity index is 0.867. The maximum Gasteiger partial charge on any atom is 0.0541 e. The van der Waals surface area contributed by atoms with Crippen molar-refractivity contribution in [2.45, 2.75) is 0 Å². The molecule has 0 aliphatic carbocycles. The average Bonchev–Trinajstić information content (AvgIpc) is 3.84. The molecule has 280 valence electrons. The molecule has 60 heavy (non-hydrogen) atoms. The lowest BCUT2D eigenvalue weighted by molar-refractivity contribution is 1.18. The van der Waals surface area contributed by atoms with Crippen LogP contribution in [0.1, 0.15) is 0 Å². The van der Waals surface area contributed by atoms with Gasteiger partial charge in [-0.1, -0.05) is 170 Å². The molecule has 0 spiro atoms. The minimum Gasteiger partial charge on any atom is -0.309 e. The first-order valence-corrected chi connectivity index (χ1v) is 20.7. The van der Waals surface area contributed by atoms with Crippen molar-refractivity contribution in [1.29, 1.82) is 0 Å². The van der Waals surface area contributed by atoms with E-state index in [1.165, 1.54) is 110 Å². The van der Waals surface area contributed by atoms with Crippen LogP contribution in [0.25, 0.3) is 110 Å². The van der Waals surface area contributed by atoms with E-state index in [4.69, 9.17) is 0 Å². The van der Waals surface area contributed by atoms with Crippen LogP contribution in [0.5, 0.6) is 0 Å². The minimum atomic E-state index is 1.17. The summed E-state index contributed by atoms with van der Waals surface area (Å²) in [7, 11) is 0. The molecule has 12 rings (SSSR count). The molecule has 0 atom stereocenters. The Bertz CT molecular complexity index is 3320. The molecular formula is C58H38N2. The van der Waals surface area contributed by atoms with Gasteiger partial charge in [-0.2, -0.15) is 0 Å². The summed E-state index contributed by atoms with van der Waals surface area (Å²) in [5.74, 6) is 0. The van der Waals surface area contributed by atoms with E-state index in [9.17, 15) is 0 Å². The van der Waals surface area contributed by atoms with E-state index < -0.39 is 0 Å². The van der Waals surface area contributed by atoms with E-state index in [0.29, 0.717) is 0 Å². The maximum absolute atomic E-state index is 2.37. The molecule has 0 aliphatic rings. The molecule has 0 bridgehead atoms. The second-order valence-corrected chi connectivity index (χ2v) is 15.7. The lowest BCUT2D eigenvalue weighted by atomic mass is 9.91. The van der Waals surface area contributed by atoms with Crippen LogP contribution < -0.4 is 0 Å². The molecule has 0 saturated carbocycles. The van der Waals surface area contributed by atoms with Crippen LogP contribution in [-0.4, -0.2) is 9.13 Å². The predicted molar refractivity (Wildman–Crippen MR) is 254 cm³/mol. The van der Waals surface area contributed by atoms with Crippen molar-refractivity contribution in [3.63, 3.8) is 0 Å². The number of nitrogens with zero attached hydrogens (tertiary/aromatic N) is 2. The zero-order chi connectivity index (χ0) is 39.6. The summed E-state index contributed by atoms with van der Waals surface area (Å²) in [6.45, 7) is 0. The zero-order valence-electron chi connectivity index (χ0n) is 32.8. The fourth-order valence-electron chi connectivity index (χ4n) is 9.50. The number of para-hydroxylation sites is 4. The van der Waals surface area contributed by atoms with Crippen LogP contribution >= 0.6 is 0 Å². The third kappa shape index (κ3) is 5.50. The average molecular weight is 763 g/mol. The molecule has 2 heteroatoms. The second-order valence-electron chi connectivity index (χ2n) is 15.7. The largest absolute Gasteiger partial charge is 0.309 e. The Kier molecular flexibility index (Phi) is 7.89. The van der Waals surface area contributed by atoms with Crippen molar-refractivity contribution in [2.75, 3.05) is 0 Å². The van der Waals surface area contributed by atoms with E-state index >= 15 is 0 Å². The maximum atomic E-state index is 2.37. The summed E-state index contributed by atoms with van der Waals surface area (Å²) in [5, 5.41) is 7.56. The van der Waals surface area contributed by atoms with Gasteiger partial charge in [-0.25, -0.2) is 0 Å². The minimum absolute atomic E-state index is 1.17. The molecule has 0 unspecified atom stereocenters. The van der Waals surface area contributed by atoms with Gasteiger partial charge in [0.2, 0.25) is 0 Å². The lowest BCUT2D eigenvalue weighted by Crippen LogP contribution is -1.92. The van der Waals surface area contributed by atoms with Crippen LogP contribution in [-0.2, 0) is 0 Å². The molecule has 2 aromatic heterocycles. The molecule has 2 heterocycles. The fourth-order valence-corrected chi connectivity index (χ4v) is 9.50. The van der Waals surface area contributed by atoms with Crippen molar-refractivity contribution in [2.24, 2.45) is 0 Å². The zero-order valence-corrected chi connectivity index (χ0v) is 32.8. The lowest BCUT2D eigenvalue weighted by Gasteiger charge is -2.13. The highest BCUT2D eigenvalue weighted by molar-refractivity contribution is 6.12. The first-order valence-electron chi connectivity index (χ1n) is 20.7. The SMILES string of the molecule is c1ccc(-n2c3ccccc3c3cc(-c4ccc(-c5ccc(-c6ccc(-c7ccc8c(c7)c7ccccc7n8-c7ccccc7)cc6)c6ccccc56)cc4)ccc32)cc1. The first-order chi connectivity index (χ1) is 29.8. The molecule has 0 N–H and O–H groups in total. The van der Waals surface area contributed by atoms with Gasteiger partial charge in [-0.3, -0.25) is 0 Å². The molecular weight excluding hydrogens is 725 g/mol. The van der Waals surface area contributed by atoms with Gasteiger partial charge in [0.15, 0.2) is 0 Å². The number of aromatic nitrogens is 2. The summed E-state index contributed by atoms with van der Waals surface area (Å²) in [6, 6.07) is 84.1. The van der Waals surface area contributed by atoms with Crippen LogP contribution in [0.3, 0.4) is 0 Å². The summed E-state index contributed by atoms with van der Waals surface area (Å²) in [6.07, 6.45) is 0. The molecule has 0 radical (unpaired) electrons. The number of rotatable bonds is 6. The third-order valence-electron chi connectivity index (χ3n) is 12.4. The Hall–Kier alpha value is -7.94. The Morgan fingerprint density at radius 3 is 0.933 bits per heavy atom. The third-order valence-corrected chi connectivity index (χ3v) is 12.4. The van der Waals surface area contributed by atoms with Gasteiger partial charge in [0.1, 0.15) is 0 Å². The van der Waals surface area contributed by atoms with Gasteiger partial charge < -0.3 is 9.13 Å². The quantitative estimate of drug-likeness (QED) is 0.160. The van der Waals surface area contributed by atoms with Gasteiger partial charge in [0.05, 0.1) is 22.1 Å². The first kappa shape index (κ1) is 34.1. The highest BCUT2D eigenvalue weighted by Gasteiger charge is 2.16. The van der Waals surface area contributed by atoms with Crippen molar-refractivity contribution < 1.29 is 0 Å². The molecule has 0 aliphatic heterocycles. The van der Waals surface area contributed by atoms with Crippen molar-refractivity contribution in [3.05, 3.63) is 231 Å². The molecule has 0 fully saturated rings. The number of hydrogen-bond acceptors (Lipinski definition) is 0. The van der Waals surface area contributed by atoms with E-state index in [0.717, 1.165) is 0 Å². The second kappa shape index (κ2) is 13.9. The monoisotopic (exact) mass is 762 g/mol. The molecule has 12 aromatic rings. The van der Waals surface area contributed by atoms with Crippen LogP contribution in [0, 0.1) is 0 Å². The number of benzene rings is 10. The van der Waals surface area contributed by atoms with E-state index in [1.54, 1.807) is 0 Å². The fraction of sp³-hybridized carbons (Fsp3) is 0. The normalized spacial score (nSPS) is 11.7. The Morgan fingerprint density at radius 2 is 0.517 bits per heavy atom.